The van der Waals surface area contributed by atoms with Gasteiger partial charge in [0.05, 0.1) is 11.3 Å². The van der Waals surface area contributed by atoms with Crippen molar-refractivity contribution in [3.63, 3.8) is 0 Å². The number of hydrogen-bond donors (Lipinski definition) is 2. The molecule has 1 aliphatic heterocycles. The summed E-state index contributed by atoms with van der Waals surface area (Å²) in [6.45, 7) is 9.33. The van der Waals surface area contributed by atoms with Crippen molar-refractivity contribution in [2.45, 2.75) is 33.3 Å². The number of aromatic amines is 1. The first kappa shape index (κ1) is 32.8. The normalized spacial score (nSPS) is 14.2. The average molecular weight is 656 g/mol. The van der Waals surface area contributed by atoms with Crippen LogP contribution in [0.1, 0.15) is 43.6 Å². The fraction of sp³-hybridized carbons (Fsp3) is 0.355. The minimum atomic E-state index is -4.17. The maximum Gasteiger partial charge on any atom is 0.410 e. The largest absolute Gasteiger partial charge is 0.444 e. The van der Waals surface area contributed by atoms with Gasteiger partial charge in [-0.1, -0.05) is 6.92 Å². The van der Waals surface area contributed by atoms with Crippen LogP contribution in [0.3, 0.4) is 0 Å². The maximum absolute atomic E-state index is 15.5. The summed E-state index contributed by atoms with van der Waals surface area (Å²) in [5.74, 6) is -2.31. The van der Waals surface area contributed by atoms with Gasteiger partial charge in [0.2, 0.25) is 0 Å². The highest BCUT2D eigenvalue weighted by atomic mass is 32.2. The van der Waals surface area contributed by atoms with Crippen LogP contribution in [0.15, 0.2) is 48.9 Å². The first-order valence-electron chi connectivity index (χ1n) is 14.6. The van der Waals surface area contributed by atoms with E-state index in [0.29, 0.717) is 54.4 Å². The molecule has 1 aliphatic rings. The molecular weight excluding hydrogens is 620 g/mol. The van der Waals surface area contributed by atoms with E-state index in [9.17, 15) is 22.4 Å². The van der Waals surface area contributed by atoms with Crippen molar-refractivity contribution < 1.29 is 31.5 Å². The van der Waals surface area contributed by atoms with E-state index in [-0.39, 0.29) is 18.2 Å². The van der Waals surface area contributed by atoms with Crippen LogP contribution in [0.4, 0.5) is 25.1 Å². The molecule has 1 saturated heterocycles. The number of piperazine rings is 1. The van der Waals surface area contributed by atoms with Crippen LogP contribution in [0, 0.1) is 11.6 Å². The van der Waals surface area contributed by atoms with Gasteiger partial charge in [-0.15, -0.1) is 0 Å². The summed E-state index contributed by atoms with van der Waals surface area (Å²) in [6, 6.07) is 6.81. The molecule has 3 aromatic heterocycles. The number of halogens is 2. The van der Waals surface area contributed by atoms with E-state index in [4.69, 9.17) is 4.74 Å². The number of H-pyrrole nitrogens is 1. The molecule has 0 aliphatic carbocycles. The number of hydrogen-bond acceptors (Lipinski definition) is 8. The summed E-state index contributed by atoms with van der Waals surface area (Å²) in [4.78, 5) is 41.5. The predicted molar refractivity (Wildman–Crippen MR) is 170 cm³/mol. The molecule has 46 heavy (non-hydrogen) atoms. The number of ether oxygens (including phenoxy) is 1. The number of pyridine rings is 2. The highest BCUT2D eigenvalue weighted by Crippen LogP contribution is 2.30. The molecule has 0 radical (unpaired) electrons. The SMILES string of the molecule is CCN(C)S(=O)(=O)Nc1cc(F)cc(C(=O)c2c[nH]c3ncc(-c4ccc(N5CCN(C(=O)OC(C)(C)C)CC5)nc4)cc23)c1F. The molecule has 15 heteroatoms. The zero-order valence-corrected chi connectivity index (χ0v) is 26.9. The van der Waals surface area contributed by atoms with Crippen LogP contribution >= 0.6 is 0 Å². The molecule has 12 nitrogen and oxygen atoms in total. The lowest BCUT2D eigenvalue weighted by Gasteiger charge is -2.36. The second kappa shape index (κ2) is 12.6. The van der Waals surface area contributed by atoms with Crippen LogP contribution in [-0.4, -0.2) is 89.8 Å². The zero-order valence-electron chi connectivity index (χ0n) is 26.1. The molecule has 1 fully saturated rings. The second-order valence-corrected chi connectivity index (χ2v) is 13.6. The molecule has 0 bridgehead atoms. The molecule has 5 rings (SSSR count). The number of nitrogens with one attached hydrogen (secondary N) is 2. The molecule has 1 amide bonds. The molecule has 244 valence electrons. The molecule has 0 unspecified atom stereocenters. The number of amides is 1. The van der Waals surface area contributed by atoms with Crippen molar-refractivity contribution in [1.82, 2.24) is 24.2 Å². The zero-order chi connectivity index (χ0) is 33.4. The topological polar surface area (TPSA) is 141 Å². The number of ketones is 1. The third-order valence-electron chi connectivity index (χ3n) is 7.49. The van der Waals surface area contributed by atoms with Gasteiger partial charge in [0.1, 0.15) is 22.9 Å². The van der Waals surface area contributed by atoms with Crippen LogP contribution in [0.2, 0.25) is 0 Å². The molecule has 0 saturated carbocycles. The minimum Gasteiger partial charge on any atom is -0.444 e. The van der Waals surface area contributed by atoms with Crippen molar-refractivity contribution in [3.8, 4) is 11.1 Å². The van der Waals surface area contributed by atoms with Crippen LogP contribution in [0.5, 0.6) is 0 Å². The van der Waals surface area contributed by atoms with Gasteiger partial charge in [-0.25, -0.2) is 23.5 Å². The Morgan fingerprint density at radius 3 is 2.35 bits per heavy atom. The first-order valence-corrected chi connectivity index (χ1v) is 16.0. The lowest BCUT2D eigenvalue weighted by molar-refractivity contribution is 0.0240. The van der Waals surface area contributed by atoms with Gasteiger partial charge < -0.3 is 19.5 Å². The Balaban J connectivity index is 1.35. The van der Waals surface area contributed by atoms with Crippen molar-refractivity contribution >= 4 is 44.6 Å². The number of carbonyl (C=O) groups excluding carboxylic acids is 2. The van der Waals surface area contributed by atoms with E-state index in [1.54, 1.807) is 30.3 Å². The number of rotatable bonds is 8. The Morgan fingerprint density at radius 1 is 1.02 bits per heavy atom. The standard InChI is InChI=1S/C31H35F2N7O5S/c1-6-38(5)46(43,44)37-25-15-21(32)14-23(27(25)33)28(41)24-18-36-29-22(24)13-20(17-35-29)19-7-8-26(34-16-19)39-9-11-40(12-10-39)30(42)45-31(2,3)4/h7-8,13-18,37H,6,9-12H2,1-5H3,(H,35,36). The summed E-state index contributed by atoms with van der Waals surface area (Å²) in [6.07, 6.45) is 4.28. The fourth-order valence-corrected chi connectivity index (χ4v) is 5.82. The summed E-state index contributed by atoms with van der Waals surface area (Å²) < 4.78 is 63.3. The number of fused-ring (bicyclic) bond motifs is 1. The van der Waals surface area contributed by atoms with E-state index < -0.39 is 44.5 Å². The summed E-state index contributed by atoms with van der Waals surface area (Å²) in [5, 5.41) is 0.362. The summed E-state index contributed by atoms with van der Waals surface area (Å²) in [5.41, 5.74) is -0.168. The fourth-order valence-electron chi connectivity index (χ4n) is 4.90. The van der Waals surface area contributed by atoms with E-state index in [1.165, 1.54) is 13.2 Å². The number of nitrogens with zero attached hydrogens (tertiary/aromatic N) is 5. The predicted octanol–water partition coefficient (Wildman–Crippen LogP) is 4.80. The van der Waals surface area contributed by atoms with E-state index >= 15 is 4.39 Å². The van der Waals surface area contributed by atoms with Gasteiger partial charge in [-0.3, -0.25) is 9.52 Å². The van der Waals surface area contributed by atoms with Gasteiger partial charge in [-0.2, -0.15) is 12.7 Å². The van der Waals surface area contributed by atoms with Crippen molar-refractivity contribution in [2.24, 2.45) is 0 Å². The Labute approximate surface area is 265 Å². The van der Waals surface area contributed by atoms with Gasteiger partial charge in [0.25, 0.3) is 0 Å². The molecule has 4 heterocycles. The van der Waals surface area contributed by atoms with Gasteiger partial charge in [0.15, 0.2) is 11.6 Å². The Kier molecular flexibility index (Phi) is 9.00. The lowest BCUT2D eigenvalue weighted by atomic mass is 10.0. The second-order valence-electron chi connectivity index (χ2n) is 11.8. The number of benzene rings is 1. The smallest absolute Gasteiger partial charge is 0.410 e. The first-order chi connectivity index (χ1) is 21.7. The molecule has 0 atom stereocenters. The van der Waals surface area contributed by atoms with Gasteiger partial charge in [0, 0.05) is 86.5 Å². The third kappa shape index (κ3) is 6.94. The van der Waals surface area contributed by atoms with Gasteiger partial charge in [-0.05, 0) is 45.0 Å². The van der Waals surface area contributed by atoms with Crippen molar-refractivity contribution in [1.29, 1.82) is 0 Å². The highest BCUT2D eigenvalue weighted by Gasteiger charge is 2.27. The average Bonchev–Trinajstić information content (AvgIpc) is 3.44. The quantitative estimate of drug-likeness (QED) is 0.258. The number of carbonyl (C=O) groups is 2. The van der Waals surface area contributed by atoms with Gasteiger partial charge >= 0.3 is 16.3 Å². The maximum atomic E-state index is 15.5. The number of anilines is 2. The highest BCUT2D eigenvalue weighted by molar-refractivity contribution is 7.90. The van der Waals surface area contributed by atoms with Crippen LogP contribution < -0.4 is 9.62 Å². The molecule has 1 aromatic carbocycles. The molecule has 0 spiro atoms. The van der Waals surface area contributed by atoms with E-state index in [0.717, 1.165) is 16.2 Å². The van der Waals surface area contributed by atoms with Crippen LogP contribution in [-0.2, 0) is 14.9 Å². The molecule has 2 N–H and O–H groups in total. The Hall–Kier alpha value is -4.63. The van der Waals surface area contributed by atoms with E-state index in [2.05, 4.69) is 19.9 Å². The Morgan fingerprint density at radius 2 is 1.72 bits per heavy atom. The monoisotopic (exact) mass is 655 g/mol. The third-order valence-corrected chi connectivity index (χ3v) is 9.05. The summed E-state index contributed by atoms with van der Waals surface area (Å²) >= 11 is 0. The number of aromatic nitrogens is 3. The summed E-state index contributed by atoms with van der Waals surface area (Å²) in [7, 11) is -2.89. The van der Waals surface area contributed by atoms with Crippen LogP contribution in [0.25, 0.3) is 22.2 Å². The van der Waals surface area contributed by atoms with E-state index in [1.807, 2.05) is 37.6 Å². The molecular formula is C31H35F2N7O5S. The van der Waals surface area contributed by atoms with Crippen molar-refractivity contribution in [3.05, 3.63) is 71.7 Å². The lowest BCUT2D eigenvalue weighted by Crippen LogP contribution is -2.50. The molecule has 4 aromatic rings. The minimum absolute atomic E-state index is 0.0285. The van der Waals surface area contributed by atoms with Crippen molar-refractivity contribution in [2.75, 3.05) is 49.4 Å². The Bertz CT molecular complexity index is 1880.